The summed E-state index contributed by atoms with van der Waals surface area (Å²) in [7, 11) is 3.47. The lowest BCUT2D eigenvalue weighted by molar-refractivity contribution is 0.498. The van der Waals surface area contributed by atoms with E-state index in [4.69, 9.17) is 5.10 Å². The molecule has 0 fully saturated rings. The van der Waals surface area contributed by atoms with Gasteiger partial charge in [0.1, 0.15) is 11.1 Å². The van der Waals surface area contributed by atoms with Crippen LogP contribution in [-0.4, -0.2) is 28.5 Å². The van der Waals surface area contributed by atoms with Crippen molar-refractivity contribution in [2.45, 2.75) is 26.9 Å². The topological polar surface area (TPSA) is 79.6 Å². The summed E-state index contributed by atoms with van der Waals surface area (Å²) < 4.78 is 6.62. The highest BCUT2D eigenvalue weighted by molar-refractivity contribution is 5.90. The second kappa shape index (κ2) is 7.88. The Hall–Kier alpha value is -3.94. The molecule has 0 aliphatic rings. The third-order valence-corrected chi connectivity index (χ3v) is 6.02. The van der Waals surface area contributed by atoms with Crippen molar-refractivity contribution in [2.24, 2.45) is 20.0 Å². The van der Waals surface area contributed by atoms with Crippen molar-refractivity contribution in [1.82, 2.24) is 28.5 Å². The van der Waals surface area contributed by atoms with Crippen LogP contribution in [0.3, 0.4) is 0 Å². The van der Waals surface area contributed by atoms with Crippen LogP contribution in [0.15, 0.2) is 64.4 Å². The highest BCUT2D eigenvalue weighted by atomic mass is 16.2. The minimum Gasteiger partial charge on any atom is -0.349 e. The zero-order valence-corrected chi connectivity index (χ0v) is 19.2. The Bertz CT molecular complexity index is 1610. The van der Waals surface area contributed by atoms with Gasteiger partial charge in [-0.05, 0) is 35.7 Å². The van der Waals surface area contributed by atoms with E-state index in [1.54, 1.807) is 10.8 Å². The number of benzene rings is 1. The number of rotatable bonds is 5. The van der Waals surface area contributed by atoms with E-state index >= 15 is 0 Å². The van der Waals surface area contributed by atoms with E-state index in [1.807, 2.05) is 78.8 Å². The van der Waals surface area contributed by atoms with E-state index in [9.17, 15) is 9.59 Å². The number of para-hydroxylation sites is 1. The molecule has 0 saturated heterocycles. The summed E-state index contributed by atoms with van der Waals surface area (Å²) in [4.78, 5) is 30.8. The average molecular weight is 443 g/mol. The molecule has 1 aromatic carbocycles. The molecule has 0 N–H and O–H groups in total. The minimum absolute atomic E-state index is 0.219. The summed E-state index contributed by atoms with van der Waals surface area (Å²) in [6.45, 7) is 5.01. The maximum Gasteiger partial charge on any atom is 0.332 e. The molecule has 0 atom stereocenters. The zero-order valence-electron chi connectivity index (χ0n) is 19.2. The maximum absolute atomic E-state index is 13.4. The Morgan fingerprint density at radius 3 is 2.52 bits per heavy atom. The van der Waals surface area contributed by atoms with Gasteiger partial charge < -0.3 is 4.57 Å². The van der Waals surface area contributed by atoms with Gasteiger partial charge in [-0.15, -0.1) is 0 Å². The second-order valence-corrected chi connectivity index (χ2v) is 8.85. The summed E-state index contributed by atoms with van der Waals surface area (Å²) in [6.07, 6.45) is 3.73. The molecule has 0 amide bonds. The number of fused-ring (bicyclic) bond motifs is 2. The number of hydrogen-bond acceptors (Lipinski definition) is 4. The van der Waals surface area contributed by atoms with Crippen molar-refractivity contribution in [3.63, 3.8) is 0 Å². The molecule has 0 aliphatic carbocycles. The van der Waals surface area contributed by atoms with Crippen LogP contribution in [0.4, 0.5) is 0 Å². The molecular formula is C25H26N6O2. The van der Waals surface area contributed by atoms with E-state index < -0.39 is 0 Å². The Balaban J connectivity index is 1.85. The SMILES string of the molecule is CC(C)Cn1c(=O)n(C)c(=O)c2c(-c3cccn3C)n(Cc3ccnc4ccccc34)nc21. The van der Waals surface area contributed by atoms with Crippen molar-refractivity contribution >= 4 is 21.9 Å². The molecule has 5 rings (SSSR count). The smallest absolute Gasteiger partial charge is 0.332 e. The van der Waals surface area contributed by atoms with Gasteiger partial charge in [-0.3, -0.25) is 23.6 Å². The Morgan fingerprint density at radius 1 is 1.00 bits per heavy atom. The van der Waals surface area contributed by atoms with Crippen LogP contribution in [0, 0.1) is 5.92 Å². The molecule has 33 heavy (non-hydrogen) atoms. The predicted molar refractivity (Wildman–Crippen MR) is 129 cm³/mol. The van der Waals surface area contributed by atoms with E-state index in [-0.39, 0.29) is 17.2 Å². The maximum atomic E-state index is 13.4. The summed E-state index contributed by atoms with van der Waals surface area (Å²) >= 11 is 0. The summed E-state index contributed by atoms with van der Waals surface area (Å²) in [5.74, 6) is 0.219. The van der Waals surface area contributed by atoms with Gasteiger partial charge in [0.05, 0.1) is 17.8 Å². The fourth-order valence-corrected chi connectivity index (χ4v) is 4.43. The van der Waals surface area contributed by atoms with Crippen molar-refractivity contribution < 1.29 is 0 Å². The van der Waals surface area contributed by atoms with Gasteiger partial charge in [0.25, 0.3) is 5.56 Å². The van der Waals surface area contributed by atoms with Gasteiger partial charge in [-0.1, -0.05) is 32.0 Å². The van der Waals surface area contributed by atoms with E-state index in [0.29, 0.717) is 29.8 Å². The van der Waals surface area contributed by atoms with Crippen LogP contribution in [0.5, 0.6) is 0 Å². The largest absolute Gasteiger partial charge is 0.349 e. The lowest BCUT2D eigenvalue weighted by Crippen LogP contribution is -2.38. The molecule has 168 valence electrons. The molecular weight excluding hydrogens is 416 g/mol. The first-order valence-electron chi connectivity index (χ1n) is 11.0. The normalized spacial score (nSPS) is 11.8. The lowest BCUT2D eigenvalue weighted by atomic mass is 10.1. The molecule has 4 heterocycles. The summed E-state index contributed by atoms with van der Waals surface area (Å²) in [5.41, 5.74) is 3.25. The standard InChI is InChI=1S/C25H26N6O2/c1-16(2)14-30-23-21(24(32)29(4)25(30)33)22(20-10-7-13-28(20)3)31(27-23)15-17-11-12-26-19-9-6-5-8-18(17)19/h5-13,16H,14-15H2,1-4H3. The molecule has 5 aromatic rings. The zero-order chi connectivity index (χ0) is 23.3. The van der Waals surface area contributed by atoms with Crippen LogP contribution in [0.1, 0.15) is 19.4 Å². The van der Waals surface area contributed by atoms with E-state index in [1.165, 1.54) is 11.6 Å². The average Bonchev–Trinajstić information content (AvgIpc) is 3.38. The quantitative estimate of drug-likeness (QED) is 0.419. The number of aryl methyl sites for hydroxylation is 1. The minimum atomic E-state index is -0.348. The summed E-state index contributed by atoms with van der Waals surface area (Å²) in [6, 6.07) is 13.8. The first kappa shape index (κ1) is 20.9. The first-order valence-corrected chi connectivity index (χ1v) is 11.0. The fraction of sp³-hybridized carbons (Fsp3) is 0.280. The number of aromatic nitrogens is 6. The highest BCUT2D eigenvalue weighted by Gasteiger charge is 2.24. The van der Waals surface area contributed by atoms with E-state index in [0.717, 1.165) is 22.2 Å². The van der Waals surface area contributed by atoms with Crippen LogP contribution >= 0.6 is 0 Å². The van der Waals surface area contributed by atoms with Gasteiger partial charge in [-0.25, -0.2) is 4.79 Å². The van der Waals surface area contributed by atoms with Crippen LogP contribution in [0.2, 0.25) is 0 Å². The number of hydrogen-bond donors (Lipinski definition) is 0. The Kier molecular flexibility index (Phi) is 5.00. The second-order valence-electron chi connectivity index (χ2n) is 8.85. The number of nitrogens with zero attached hydrogens (tertiary/aromatic N) is 6. The molecule has 0 saturated carbocycles. The van der Waals surface area contributed by atoms with Crippen LogP contribution in [0.25, 0.3) is 33.3 Å². The molecule has 0 unspecified atom stereocenters. The molecule has 0 spiro atoms. The molecule has 8 nitrogen and oxygen atoms in total. The van der Waals surface area contributed by atoms with Gasteiger partial charge in [0.15, 0.2) is 5.65 Å². The lowest BCUT2D eigenvalue weighted by Gasteiger charge is -2.11. The monoisotopic (exact) mass is 442 g/mol. The van der Waals surface area contributed by atoms with Gasteiger partial charge >= 0.3 is 5.69 Å². The molecule has 0 aliphatic heterocycles. The van der Waals surface area contributed by atoms with E-state index in [2.05, 4.69) is 4.98 Å². The molecule has 8 heteroatoms. The Labute approximate surface area is 190 Å². The molecule has 4 aromatic heterocycles. The number of pyridine rings is 1. The van der Waals surface area contributed by atoms with Crippen LogP contribution < -0.4 is 11.2 Å². The Morgan fingerprint density at radius 2 is 1.79 bits per heavy atom. The first-order chi connectivity index (χ1) is 15.9. The third kappa shape index (κ3) is 3.38. The van der Waals surface area contributed by atoms with Crippen molar-refractivity contribution in [2.75, 3.05) is 0 Å². The van der Waals surface area contributed by atoms with Gasteiger partial charge in [0.2, 0.25) is 0 Å². The third-order valence-electron chi connectivity index (χ3n) is 6.02. The van der Waals surface area contributed by atoms with Gasteiger partial charge in [0, 0.05) is 38.4 Å². The van der Waals surface area contributed by atoms with Gasteiger partial charge in [-0.2, -0.15) is 5.10 Å². The fourth-order valence-electron chi connectivity index (χ4n) is 4.43. The highest BCUT2D eigenvalue weighted by Crippen LogP contribution is 2.28. The van der Waals surface area contributed by atoms with Crippen molar-refractivity contribution in [3.8, 4) is 11.4 Å². The predicted octanol–water partition coefficient (Wildman–Crippen LogP) is 3.15. The molecule has 0 radical (unpaired) electrons. The summed E-state index contributed by atoms with van der Waals surface area (Å²) in [5, 5.41) is 6.35. The van der Waals surface area contributed by atoms with Crippen LogP contribution in [-0.2, 0) is 27.2 Å². The van der Waals surface area contributed by atoms with Crippen molar-refractivity contribution in [1.29, 1.82) is 0 Å². The molecule has 0 bridgehead atoms. The van der Waals surface area contributed by atoms with Crippen molar-refractivity contribution in [3.05, 3.63) is 81.3 Å².